The molecule has 0 spiro atoms. The van der Waals surface area contributed by atoms with Crippen molar-refractivity contribution in [1.82, 2.24) is 19.6 Å². The molecule has 0 bridgehead atoms. The predicted octanol–water partition coefficient (Wildman–Crippen LogP) is 1.92. The Morgan fingerprint density at radius 1 is 1.20 bits per heavy atom. The maximum absolute atomic E-state index is 12.7. The summed E-state index contributed by atoms with van der Waals surface area (Å²) in [7, 11) is 1.93. The quantitative estimate of drug-likeness (QED) is 0.833. The number of aryl methyl sites for hydroxylation is 1. The molecule has 1 aliphatic rings. The fourth-order valence-corrected chi connectivity index (χ4v) is 3.17. The topological polar surface area (TPSA) is 50.6 Å². The maximum atomic E-state index is 12.7. The molecule has 1 aliphatic heterocycles. The molecule has 0 radical (unpaired) electrons. The third-order valence-corrected chi connectivity index (χ3v) is 4.47. The molecule has 1 amide bonds. The first-order valence-electron chi connectivity index (χ1n) is 8.82. The summed E-state index contributed by atoms with van der Waals surface area (Å²) in [5.41, 5.74) is 1.21. The molecular weight excluding hydrogens is 316 g/mol. The lowest BCUT2D eigenvalue weighted by Crippen LogP contribution is -2.42. The summed E-state index contributed by atoms with van der Waals surface area (Å²) in [5, 5.41) is 4.22. The van der Waals surface area contributed by atoms with E-state index in [0.717, 1.165) is 44.9 Å². The summed E-state index contributed by atoms with van der Waals surface area (Å²) in [4.78, 5) is 17.0. The first-order valence-corrected chi connectivity index (χ1v) is 8.82. The molecule has 2 aromatic rings. The Bertz CT molecular complexity index is 686. The van der Waals surface area contributed by atoms with Gasteiger partial charge in [0.15, 0.2) is 6.10 Å². The van der Waals surface area contributed by atoms with Gasteiger partial charge in [-0.1, -0.05) is 18.2 Å². The minimum Gasteiger partial charge on any atom is -0.481 e. The van der Waals surface area contributed by atoms with Crippen molar-refractivity contribution >= 4 is 5.91 Å². The largest absolute Gasteiger partial charge is 0.481 e. The monoisotopic (exact) mass is 342 g/mol. The minimum absolute atomic E-state index is 0.0621. The lowest BCUT2D eigenvalue weighted by atomic mass is 10.3. The Kier molecular flexibility index (Phi) is 5.71. The lowest BCUT2D eigenvalue weighted by Gasteiger charge is -2.25. The van der Waals surface area contributed by atoms with Crippen molar-refractivity contribution in [2.45, 2.75) is 26.0 Å². The Morgan fingerprint density at radius 2 is 2.00 bits per heavy atom. The summed E-state index contributed by atoms with van der Waals surface area (Å²) in [6.45, 7) is 6.09. The Hall–Kier alpha value is -2.34. The van der Waals surface area contributed by atoms with Gasteiger partial charge in [0.05, 0.1) is 6.20 Å². The number of rotatable bonds is 5. The number of carbonyl (C=O) groups excluding carboxylic acids is 1. The number of carbonyl (C=O) groups is 1. The van der Waals surface area contributed by atoms with Crippen molar-refractivity contribution in [3.8, 4) is 5.75 Å². The van der Waals surface area contributed by atoms with E-state index in [9.17, 15) is 4.79 Å². The molecule has 6 nitrogen and oxygen atoms in total. The lowest BCUT2D eigenvalue weighted by molar-refractivity contribution is -0.137. The molecule has 2 heterocycles. The number of benzene rings is 1. The summed E-state index contributed by atoms with van der Waals surface area (Å²) < 4.78 is 7.60. The van der Waals surface area contributed by atoms with Crippen molar-refractivity contribution in [3.05, 3.63) is 48.3 Å². The van der Waals surface area contributed by atoms with Gasteiger partial charge in [-0.05, 0) is 25.5 Å². The molecule has 0 unspecified atom stereocenters. The predicted molar refractivity (Wildman–Crippen MR) is 96.2 cm³/mol. The van der Waals surface area contributed by atoms with E-state index < -0.39 is 6.10 Å². The van der Waals surface area contributed by atoms with Crippen molar-refractivity contribution in [2.24, 2.45) is 7.05 Å². The highest BCUT2D eigenvalue weighted by molar-refractivity contribution is 5.81. The molecule has 25 heavy (non-hydrogen) atoms. The smallest absolute Gasteiger partial charge is 0.263 e. The van der Waals surface area contributed by atoms with Gasteiger partial charge in [-0.15, -0.1) is 0 Å². The summed E-state index contributed by atoms with van der Waals surface area (Å²) in [6, 6.07) is 9.51. The van der Waals surface area contributed by atoms with Gasteiger partial charge in [0.2, 0.25) is 0 Å². The minimum atomic E-state index is -0.465. The third-order valence-electron chi connectivity index (χ3n) is 4.47. The second-order valence-electron chi connectivity index (χ2n) is 6.55. The highest BCUT2D eigenvalue weighted by atomic mass is 16.5. The number of nitrogens with zero attached hydrogens (tertiary/aromatic N) is 4. The first-order chi connectivity index (χ1) is 12.1. The Morgan fingerprint density at radius 3 is 2.72 bits per heavy atom. The number of aromatic nitrogens is 2. The van der Waals surface area contributed by atoms with Gasteiger partial charge in [-0.25, -0.2) is 0 Å². The van der Waals surface area contributed by atoms with Gasteiger partial charge < -0.3 is 9.64 Å². The maximum Gasteiger partial charge on any atom is 0.263 e. The highest BCUT2D eigenvalue weighted by Crippen LogP contribution is 2.14. The van der Waals surface area contributed by atoms with Crippen LogP contribution in [0.5, 0.6) is 5.75 Å². The van der Waals surface area contributed by atoms with Crippen LogP contribution in [0, 0.1) is 0 Å². The van der Waals surface area contributed by atoms with Crippen molar-refractivity contribution < 1.29 is 9.53 Å². The van der Waals surface area contributed by atoms with E-state index in [1.165, 1.54) is 5.56 Å². The van der Waals surface area contributed by atoms with Gasteiger partial charge in [-0.3, -0.25) is 14.4 Å². The first kappa shape index (κ1) is 17.5. The molecule has 3 rings (SSSR count). The number of amides is 1. The van der Waals surface area contributed by atoms with Crippen LogP contribution in [-0.4, -0.2) is 57.8 Å². The number of hydrogen-bond donors (Lipinski definition) is 0. The SMILES string of the molecule is C[C@@H](Oc1ccccc1)C(=O)N1CCCN(Cc2cnn(C)c2)CC1. The summed E-state index contributed by atoms with van der Waals surface area (Å²) in [5.74, 6) is 0.795. The van der Waals surface area contributed by atoms with Crippen molar-refractivity contribution in [2.75, 3.05) is 26.2 Å². The summed E-state index contributed by atoms with van der Waals surface area (Å²) >= 11 is 0. The van der Waals surface area contributed by atoms with E-state index >= 15 is 0 Å². The van der Waals surface area contributed by atoms with Crippen LogP contribution in [-0.2, 0) is 18.4 Å². The zero-order chi connectivity index (χ0) is 17.6. The number of hydrogen-bond acceptors (Lipinski definition) is 4. The molecule has 1 aromatic carbocycles. The zero-order valence-electron chi connectivity index (χ0n) is 15.0. The van der Waals surface area contributed by atoms with Gasteiger partial charge in [0.25, 0.3) is 5.91 Å². The van der Waals surface area contributed by atoms with Gasteiger partial charge >= 0.3 is 0 Å². The molecule has 0 saturated carbocycles. The van der Waals surface area contributed by atoms with E-state index in [2.05, 4.69) is 10.00 Å². The standard InChI is InChI=1S/C19H26N4O2/c1-16(25-18-7-4-3-5-8-18)19(24)23-10-6-9-22(11-12-23)15-17-13-20-21(2)14-17/h3-5,7-8,13-14,16H,6,9-12,15H2,1-2H3/t16-/m1/s1. The molecule has 0 N–H and O–H groups in total. The molecule has 1 atom stereocenters. The molecule has 0 aliphatic carbocycles. The van der Waals surface area contributed by atoms with Crippen LogP contribution in [0.25, 0.3) is 0 Å². The average Bonchev–Trinajstić information content (AvgIpc) is 2.88. The van der Waals surface area contributed by atoms with Crippen LogP contribution in [0.4, 0.5) is 0 Å². The zero-order valence-corrected chi connectivity index (χ0v) is 15.0. The molecule has 1 fully saturated rings. The second-order valence-corrected chi connectivity index (χ2v) is 6.55. The Balaban J connectivity index is 1.52. The van der Waals surface area contributed by atoms with E-state index in [1.54, 1.807) is 0 Å². The van der Waals surface area contributed by atoms with Crippen LogP contribution in [0.1, 0.15) is 18.9 Å². The van der Waals surface area contributed by atoms with Gasteiger partial charge in [-0.2, -0.15) is 5.10 Å². The van der Waals surface area contributed by atoms with E-state index in [4.69, 9.17) is 4.74 Å². The number of para-hydroxylation sites is 1. The normalized spacial score (nSPS) is 17.1. The van der Waals surface area contributed by atoms with E-state index in [1.807, 2.05) is 66.3 Å². The van der Waals surface area contributed by atoms with Crippen molar-refractivity contribution in [3.63, 3.8) is 0 Å². The Labute approximate surface area is 149 Å². The number of ether oxygens (including phenoxy) is 1. The molecule has 1 aromatic heterocycles. The van der Waals surface area contributed by atoms with E-state index in [0.29, 0.717) is 0 Å². The molecule has 134 valence electrons. The second kappa shape index (κ2) is 8.16. The van der Waals surface area contributed by atoms with E-state index in [-0.39, 0.29) is 5.91 Å². The highest BCUT2D eigenvalue weighted by Gasteiger charge is 2.24. The van der Waals surface area contributed by atoms with Crippen LogP contribution < -0.4 is 4.74 Å². The fraction of sp³-hybridized carbons (Fsp3) is 0.474. The average molecular weight is 342 g/mol. The van der Waals surface area contributed by atoms with Crippen LogP contribution in [0.3, 0.4) is 0 Å². The van der Waals surface area contributed by atoms with Crippen LogP contribution in [0.2, 0.25) is 0 Å². The molecule has 1 saturated heterocycles. The van der Waals surface area contributed by atoms with Gasteiger partial charge in [0, 0.05) is 51.5 Å². The third kappa shape index (κ3) is 4.82. The summed E-state index contributed by atoms with van der Waals surface area (Å²) in [6.07, 6.45) is 4.46. The van der Waals surface area contributed by atoms with Crippen LogP contribution >= 0.6 is 0 Å². The van der Waals surface area contributed by atoms with Gasteiger partial charge in [0.1, 0.15) is 5.75 Å². The van der Waals surface area contributed by atoms with Crippen LogP contribution in [0.15, 0.2) is 42.7 Å². The molecule has 6 heteroatoms. The van der Waals surface area contributed by atoms with Crippen molar-refractivity contribution in [1.29, 1.82) is 0 Å². The fourth-order valence-electron chi connectivity index (χ4n) is 3.17. The molecular formula is C19H26N4O2.